The van der Waals surface area contributed by atoms with Crippen LogP contribution in [0.3, 0.4) is 0 Å². The zero-order valence-electron chi connectivity index (χ0n) is 11.2. The highest BCUT2D eigenvalue weighted by molar-refractivity contribution is 5.40. The van der Waals surface area contributed by atoms with Crippen LogP contribution in [0, 0.1) is 11.8 Å². The summed E-state index contributed by atoms with van der Waals surface area (Å²) in [5, 5.41) is 22.2. The topological polar surface area (TPSA) is 52.5 Å². The van der Waals surface area contributed by atoms with Gasteiger partial charge < -0.3 is 15.5 Å². The number of phenols is 2. The molecule has 0 spiro atoms. The molecule has 3 nitrogen and oxygen atoms in total. The Morgan fingerprint density at radius 3 is 2.56 bits per heavy atom. The van der Waals surface area contributed by atoms with Crippen molar-refractivity contribution in [2.24, 2.45) is 11.8 Å². The SMILES string of the molecule is CC1CCC(NCc2ccc(O)c(O)c2)CC1C. The fourth-order valence-corrected chi connectivity index (χ4v) is 2.67. The van der Waals surface area contributed by atoms with Crippen molar-refractivity contribution >= 4 is 0 Å². The summed E-state index contributed by atoms with van der Waals surface area (Å²) in [7, 11) is 0. The predicted molar refractivity (Wildman–Crippen MR) is 72.6 cm³/mol. The van der Waals surface area contributed by atoms with E-state index < -0.39 is 0 Å². The minimum atomic E-state index is -0.0566. The zero-order chi connectivity index (χ0) is 13.1. The van der Waals surface area contributed by atoms with Crippen molar-refractivity contribution in [3.8, 4) is 11.5 Å². The van der Waals surface area contributed by atoms with Gasteiger partial charge in [-0.15, -0.1) is 0 Å². The van der Waals surface area contributed by atoms with Crippen molar-refractivity contribution < 1.29 is 10.2 Å². The Morgan fingerprint density at radius 2 is 1.89 bits per heavy atom. The molecule has 1 aromatic carbocycles. The van der Waals surface area contributed by atoms with Crippen LogP contribution in [0.4, 0.5) is 0 Å². The fraction of sp³-hybridized carbons (Fsp3) is 0.600. The second-order valence-corrected chi connectivity index (χ2v) is 5.67. The van der Waals surface area contributed by atoms with Crippen molar-refractivity contribution in [3.63, 3.8) is 0 Å². The van der Waals surface area contributed by atoms with Crippen LogP contribution >= 0.6 is 0 Å². The number of benzene rings is 1. The first-order valence-corrected chi connectivity index (χ1v) is 6.80. The van der Waals surface area contributed by atoms with Gasteiger partial charge in [-0.05, 0) is 48.8 Å². The lowest BCUT2D eigenvalue weighted by Gasteiger charge is -2.32. The van der Waals surface area contributed by atoms with Gasteiger partial charge in [0.2, 0.25) is 0 Å². The monoisotopic (exact) mass is 249 g/mol. The van der Waals surface area contributed by atoms with Crippen LogP contribution in [-0.2, 0) is 6.54 Å². The summed E-state index contributed by atoms with van der Waals surface area (Å²) >= 11 is 0. The molecule has 0 bridgehead atoms. The molecule has 1 saturated carbocycles. The molecule has 1 fully saturated rings. The number of hydrogen-bond donors (Lipinski definition) is 3. The molecule has 0 radical (unpaired) electrons. The maximum atomic E-state index is 9.44. The average Bonchev–Trinajstić information content (AvgIpc) is 2.35. The number of hydrogen-bond acceptors (Lipinski definition) is 3. The fourth-order valence-electron chi connectivity index (χ4n) is 2.67. The van der Waals surface area contributed by atoms with E-state index in [4.69, 9.17) is 0 Å². The Kier molecular flexibility index (Phi) is 4.12. The standard InChI is InChI=1S/C15H23NO2/c1-10-3-5-13(7-11(10)2)16-9-12-4-6-14(17)15(18)8-12/h4,6,8,10-11,13,16-18H,3,5,7,9H2,1-2H3. The van der Waals surface area contributed by atoms with E-state index in [2.05, 4.69) is 19.2 Å². The van der Waals surface area contributed by atoms with E-state index >= 15 is 0 Å². The van der Waals surface area contributed by atoms with Gasteiger partial charge in [-0.2, -0.15) is 0 Å². The second kappa shape index (κ2) is 5.61. The van der Waals surface area contributed by atoms with E-state index in [9.17, 15) is 10.2 Å². The van der Waals surface area contributed by atoms with E-state index in [0.717, 1.165) is 23.9 Å². The van der Waals surface area contributed by atoms with E-state index in [1.807, 2.05) is 6.07 Å². The summed E-state index contributed by atoms with van der Waals surface area (Å²) in [6.45, 7) is 5.41. The van der Waals surface area contributed by atoms with E-state index in [-0.39, 0.29) is 11.5 Å². The third kappa shape index (κ3) is 3.16. The van der Waals surface area contributed by atoms with Gasteiger partial charge in [0, 0.05) is 12.6 Å². The van der Waals surface area contributed by atoms with E-state index in [1.54, 1.807) is 6.07 Å². The molecule has 3 atom stereocenters. The summed E-state index contributed by atoms with van der Waals surface area (Å²) in [5.74, 6) is 1.52. The lowest BCUT2D eigenvalue weighted by molar-refractivity contribution is 0.225. The molecule has 3 unspecified atom stereocenters. The van der Waals surface area contributed by atoms with Crippen LogP contribution in [0.1, 0.15) is 38.7 Å². The molecular formula is C15H23NO2. The average molecular weight is 249 g/mol. The van der Waals surface area contributed by atoms with Crippen molar-refractivity contribution in [1.82, 2.24) is 5.32 Å². The Bertz CT molecular complexity index is 405. The largest absolute Gasteiger partial charge is 0.504 e. The normalized spacial score (nSPS) is 28.2. The predicted octanol–water partition coefficient (Wildman–Crippen LogP) is 3.01. The highest BCUT2D eigenvalue weighted by Crippen LogP contribution is 2.30. The molecule has 3 heteroatoms. The Morgan fingerprint density at radius 1 is 1.11 bits per heavy atom. The van der Waals surface area contributed by atoms with E-state index in [0.29, 0.717) is 6.04 Å². The van der Waals surface area contributed by atoms with Crippen LogP contribution in [0.5, 0.6) is 11.5 Å². The second-order valence-electron chi connectivity index (χ2n) is 5.67. The molecule has 0 aromatic heterocycles. The highest BCUT2D eigenvalue weighted by atomic mass is 16.3. The van der Waals surface area contributed by atoms with Crippen LogP contribution in [0.2, 0.25) is 0 Å². The third-order valence-electron chi connectivity index (χ3n) is 4.23. The molecule has 1 aliphatic carbocycles. The Labute approximate surface area is 109 Å². The number of nitrogens with one attached hydrogen (secondary N) is 1. The van der Waals surface area contributed by atoms with E-state index in [1.165, 1.54) is 25.3 Å². The lowest BCUT2D eigenvalue weighted by atomic mass is 9.79. The van der Waals surface area contributed by atoms with Gasteiger partial charge in [-0.1, -0.05) is 19.9 Å². The van der Waals surface area contributed by atoms with Crippen LogP contribution in [0.25, 0.3) is 0 Å². The van der Waals surface area contributed by atoms with Gasteiger partial charge in [-0.25, -0.2) is 0 Å². The molecule has 0 saturated heterocycles. The number of aromatic hydroxyl groups is 2. The van der Waals surface area contributed by atoms with Crippen LogP contribution in [-0.4, -0.2) is 16.3 Å². The summed E-state index contributed by atoms with van der Waals surface area (Å²) in [5.41, 5.74) is 1.01. The minimum Gasteiger partial charge on any atom is -0.504 e. The first kappa shape index (κ1) is 13.2. The van der Waals surface area contributed by atoms with Crippen molar-refractivity contribution in [3.05, 3.63) is 23.8 Å². The maximum absolute atomic E-state index is 9.44. The maximum Gasteiger partial charge on any atom is 0.157 e. The van der Waals surface area contributed by atoms with Crippen molar-refractivity contribution in [2.45, 2.75) is 45.7 Å². The first-order chi connectivity index (χ1) is 8.56. The highest BCUT2D eigenvalue weighted by Gasteiger charge is 2.23. The molecule has 18 heavy (non-hydrogen) atoms. The van der Waals surface area contributed by atoms with Crippen LogP contribution in [0.15, 0.2) is 18.2 Å². The Balaban J connectivity index is 1.86. The molecule has 0 heterocycles. The zero-order valence-corrected chi connectivity index (χ0v) is 11.2. The van der Waals surface area contributed by atoms with Gasteiger partial charge in [0.25, 0.3) is 0 Å². The molecule has 0 aliphatic heterocycles. The van der Waals surface area contributed by atoms with Gasteiger partial charge in [0.15, 0.2) is 11.5 Å². The van der Waals surface area contributed by atoms with Gasteiger partial charge >= 0.3 is 0 Å². The van der Waals surface area contributed by atoms with Gasteiger partial charge in [0.1, 0.15) is 0 Å². The lowest BCUT2D eigenvalue weighted by Crippen LogP contribution is -2.35. The number of rotatable bonds is 3. The molecule has 100 valence electrons. The van der Waals surface area contributed by atoms with Crippen molar-refractivity contribution in [1.29, 1.82) is 0 Å². The molecule has 1 aromatic rings. The number of phenolic OH excluding ortho intramolecular Hbond substituents is 2. The van der Waals surface area contributed by atoms with Crippen LogP contribution < -0.4 is 5.32 Å². The molecule has 2 rings (SSSR count). The smallest absolute Gasteiger partial charge is 0.157 e. The summed E-state index contributed by atoms with van der Waals surface area (Å²) in [6, 6.07) is 5.58. The summed E-state index contributed by atoms with van der Waals surface area (Å²) in [6.07, 6.45) is 3.75. The molecule has 0 amide bonds. The molecule has 1 aliphatic rings. The first-order valence-electron chi connectivity index (χ1n) is 6.80. The minimum absolute atomic E-state index is 0.0417. The molecular weight excluding hydrogens is 226 g/mol. The quantitative estimate of drug-likeness (QED) is 0.722. The van der Waals surface area contributed by atoms with Gasteiger partial charge in [-0.3, -0.25) is 0 Å². The van der Waals surface area contributed by atoms with Crippen molar-refractivity contribution in [2.75, 3.05) is 0 Å². The van der Waals surface area contributed by atoms with Gasteiger partial charge in [0.05, 0.1) is 0 Å². The summed E-state index contributed by atoms with van der Waals surface area (Å²) in [4.78, 5) is 0. The Hall–Kier alpha value is -1.22. The third-order valence-corrected chi connectivity index (χ3v) is 4.23. The molecule has 3 N–H and O–H groups in total. The summed E-state index contributed by atoms with van der Waals surface area (Å²) < 4.78 is 0.